The number of piperazine rings is 1. The van der Waals surface area contributed by atoms with Crippen molar-refractivity contribution in [3.8, 4) is 0 Å². The number of amidine groups is 1. The lowest BCUT2D eigenvalue weighted by atomic mass is 10.2. The average Bonchev–Trinajstić information content (AvgIpc) is 2.78. The van der Waals surface area contributed by atoms with Gasteiger partial charge >= 0.3 is 5.17 Å². The van der Waals surface area contributed by atoms with E-state index < -0.39 is 0 Å². The molecule has 18 heavy (non-hydrogen) atoms. The summed E-state index contributed by atoms with van der Waals surface area (Å²) in [6.07, 6.45) is 0. The molecule has 0 aromatic heterocycles. The fraction of sp³-hybridized carbons (Fsp3) is 0.909. The Morgan fingerprint density at radius 1 is 1.33 bits per heavy atom. The average molecular weight is 355 g/mol. The maximum absolute atomic E-state index is 3.58. The van der Waals surface area contributed by atoms with Crippen molar-refractivity contribution in [3.63, 3.8) is 0 Å². The maximum Gasteiger partial charge on any atom is 0.319 e. The lowest BCUT2D eigenvalue weighted by molar-refractivity contribution is -0.539. The van der Waals surface area contributed by atoms with E-state index in [1.165, 1.54) is 18.3 Å². The Kier molecular flexibility index (Phi) is 6.81. The van der Waals surface area contributed by atoms with Crippen molar-refractivity contribution in [1.82, 2.24) is 15.1 Å². The predicted molar refractivity (Wildman–Crippen MR) is 77.5 cm³/mol. The fourth-order valence-corrected chi connectivity index (χ4v) is 4.75. The molecule has 0 radical (unpaired) electrons. The Hall–Kier alpha value is 0.570. The van der Waals surface area contributed by atoms with Crippen molar-refractivity contribution in [2.75, 3.05) is 40.3 Å². The summed E-state index contributed by atoms with van der Waals surface area (Å²) in [6, 6.07) is 0.676. The van der Waals surface area contributed by atoms with Gasteiger partial charge in [0.2, 0.25) is 5.50 Å². The summed E-state index contributed by atoms with van der Waals surface area (Å²) in [7, 11) is 8.01. The van der Waals surface area contributed by atoms with E-state index >= 15 is 0 Å². The molecule has 0 saturated carbocycles. The first kappa shape index (κ1) is 16.6. The third-order valence-corrected chi connectivity index (χ3v) is 5.93. The van der Waals surface area contributed by atoms with Crippen LogP contribution >= 0.6 is 21.6 Å². The molecular weight excluding hydrogens is 332 g/mol. The maximum atomic E-state index is 3.58. The van der Waals surface area contributed by atoms with Gasteiger partial charge in [-0.05, 0) is 38.7 Å². The molecular formula is C11H23BrN4S2. The summed E-state index contributed by atoms with van der Waals surface area (Å²) >= 11 is 0. The smallest absolute Gasteiger partial charge is 0.319 e. The third-order valence-electron chi connectivity index (χ3n) is 3.27. The van der Waals surface area contributed by atoms with Crippen LogP contribution in [0.3, 0.4) is 0 Å². The van der Waals surface area contributed by atoms with Crippen LogP contribution in [0.5, 0.6) is 0 Å². The van der Waals surface area contributed by atoms with Crippen LogP contribution in [-0.2, 0) is 0 Å². The van der Waals surface area contributed by atoms with E-state index in [0.29, 0.717) is 11.5 Å². The van der Waals surface area contributed by atoms with Crippen LogP contribution in [0, 0.1) is 0 Å². The molecule has 2 fully saturated rings. The molecule has 2 aliphatic heterocycles. The molecule has 4 nitrogen and oxygen atoms in total. The van der Waals surface area contributed by atoms with E-state index in [4.69, 9.17) is 0 Å². The minimum atomic E-state index is 0. The molecule has 1 N–H and O–H groups in total. The summed E-state index contributed by atoms with van der Waals surface area (Å²) in [5.74, 6) is 0. The van der Waals surface area contributed by atoms with Gasteiger partial charge in [0.1, 0.15) is 0 Å². The van der Waals surface area contributed by atoms with Gasteiger partial charge in [-0.3, -0.25) is 14.4 Å². The Bertz CT molecular complexity index is 299. The van der Waals surface area contributed by atoms with Crippen LogP contribution < -0.4 is 22.3 Å². The Morgan fingerprint density at radius 3 is 2.39 bits per heavy atom. The summed E-state index contributed by atoms with van der Waals surface area (Å²) < 4.78 is 2.49. The molecule has 0 aromatic rings. The van der Waals surface area contributed by atoms with E-state index in [2.05, 4.69) is 47.6 Å². The van der Waals surface area contributed by atoms with E-state index in [1.54, 1.807) is 0 Å². The molecule has 0 bridgehead atoms. The molecule has 2 rings (SSSR count). The minimum Gasteiger partial charge on any atom is -1.00 e. The second kappa shape index (κ2) is 7.38. The second-order valence-electron chi connectivity index (χ2n) is 5.06. The van der Waals surface area contributed by atoms with Crippen LogP contribution in [-0.4, -0.2) is 71.4 Å². The van der Waals surface area contributed by atoms with E-state index in [0.717, 1.165) is 13.1 Å². The van der Waals surface area contributed by atoms with Crippen LogP contribution in [0.1, 0.15) is 13.8 Å². The zero-order chi connectivity index (χ0) is 12.4. The van der Waals surface area contributed by atoms with Crippen molar-refractivity contribution < 1.29 is 21.6 Å². The minimum absolute atomic E-state index is 0. The quantitative estimate of drug-likeness (QED) is 0.452. The topological polar surface area (TPSA) is 21.5 Å². The van der Waals surface area contributed by atoms with Gasteiger partial charge in [0.15, 0.2) is 0 Å². The predicted octanol–water partition coefficient (Wildman–Crippen LogP) is -2.09. The lowest BCUT2D eigenvalue weighted by Crippen LogP contribution is -3.00. The molecule has 0 amide bonds. The van der Waals surface area contributed by atoms with Crippen molar-refractivity contribution >= 4 is 26.8 Å². The van der Waals surface area contributed by atoms with Crippen LogP contribution in [0.2, 0.25) is 0 Å². The van der Waals surface area contributed by atoms with Crippen LogP contribution in [0.4, 0.5) is 0 Å². The standard InChI is InChI=1S/C11H22N4S2.BrH/c1-9(2)14-5-7-15(8-6-14)11-12-10(13(3)4)16-17-11;/h9-10H,5-8H2,1-4H3;1H. The number of hydrogen-bond acceptors (Lipinski definition) is 4. The molecule has 2 aliphatic rings. The number of rotatable bonds is 2. The van der Waals surface area contributed by atoms with Gasteiger partial charge in [0.25, 0.3) is 0 Å². The van der Waals surface area contributed by atoms with Gasteiger partial charge in [0.05, 0.1) is 13.1 Å². The van der Waals surface area contributed by atoms with Gasteiger partial charge in [-0.25, -0.2) is 5.32 Å². The molecule has 106 valence electrons. The molecule has 1 atom stereocenters. The lowest BCUT2D eigenvalue weighted by Gasteiger charge is -2.30. The molecule has 2 heterocycles. The molecule has 0 aromatic carbocycles. The third kappa shape index (κ3) is 4.03. The fourth-order valence-electron chi connectivity index (χ4n) is 2.05. The normalized spacial score (nSPS) is 25.6. The van der Waals surface area contributed by atoms with E-state index in [-0.39, 0.29) is 17.0 Å². The Balaban J connectivity index is 0.00000162. The highest BCUT2D eigenvalue weighted by molar-refractivity contribution is 8.83. The van der Waals surface area contributed by atoms with Crippen LogP contribution in [0.15, 0.2) is 0 Å². The molecule has 0 spiro atoms. The SMILES string of the molecule is CC(C)N1CC[N+](=C2NC(N(C)C)SS2)CC1.[Br-]. The molecule has 1 unspecified atom stereocenters. The second-order valence-corrected chi connectivity index (χ2v) is 7.33. The van der Waals surface area contributed by atoms with Gasteiger partial charge in [0, 0.05) is 29.9 Å². The van der Waals surface area contributed by atoms with E-state index in [1.807, 2.05) is 21.6 Å². The number of halogens is 1. The zero-order valence-corrected chi connectivity index (χ0v) is 14.7. The Morgan fingerprint density at radius 2 is 1.94 bits per heavy atom. The largest absolute Gasteiger partial charge is 1.00 e. The van der Waals surface area contributed by atoms with Crippen molar-refractivity contribution in [2.24, 2.45) is 0 Å². The first-order valence-electron chi connectivity index (χ1n) is 6.20. The van der Waals surface area contributed by atoms with Gasteiger partial charge < -0.3 is 17.0 Å². The zero-order valence-electron chi connectivity index (χ0n) is 11.5. The van der Waals surface area contributed by atoms with Gasteiger partial charge in [-0.2, -0.15) is 0 Å². The number of hydrogen-bond donors (Lipinski definition) is 1. The van der Waals surface area contributed by atoms with Crippen LogP contribution in [0.25, 0.3) is 0 Å². The molecule has 0 aliphatic carbocycles. The first-order chi connectivity index (χ1) is 8.08. The summed E-state index contributed by atoms with van der Waals surface area (Å²) in [6.45, 7) is 9.22. The Labute approximate surface area is 129 Å². The monoisotopic (exact) mass is 354 g/mol. The summed E-state index contributed by atoms with van der Waals surface area (Å²) in [5.41, 5.74) is 0.415. The number of nitrogens with one attached hydrogen (secondary N) is 1. The number of nitrogens with zero attached hydrogens (tertiary/aromatic N) is 3. The van der Waals surface area contributed by atoms with Crippen molar-refractivity contribution in [3.05, 3.63) is 0 Å². The van der Waals surface area contributed by atoms with Crippen molar-refractivity contribution in [1.29, 1.82) is 0 Å². The first-order valence-corrected chi connectivity index (χ1v) is 8.41. The summed E-state index contributed by atoms with van der Waals surface area (Å²) in [4.78, 5) is 4.77. The highest BCUT2D eigenvalue weighted by atomic mass is 79.9. The highest BCUT2D eigenvalue weighted by Crippen LogP contribution is 2.33. The van der Waals surface area contributed by atoms with Gasteiger partial charge in [-0.15, -0.1) is 0 Å². The summed E-state index contributed by atoms with van der Waals surface area (Å²) in [5, 5.41) is 4.92. The van der Waals surface area contributed by atoms with Crippen molar-refractivity contribution in [2.45, 2.75) is 25.4 Å². The highest BCUT2D eigenvalue weighted by Gasteiger charge is 2.33. The van der Waals surface area contributed by atoms with Gasteiger partial charge in [-0.1, -0.05) is 0 Å². The molecule has 2 saturated heterocycles. The molecule has 7 heteroatoms. The van der Waals surface area contributed by atoms with E-state index in [9.17, 15) is 0 Å².